The van der Waals surface area contributed by atoms with Crippen molar-refractivity contribution in [2.24, 2.45) is 0 Å². The number of hydrogen-bond acceptors (Lipinski definition) is 3. The topological polar surface area (TPSA) is 45.8 Å². The summed E-state index contributed by atoms with van der Waals surface area (Å²) in [5, 5.41) is 9.89. The van der Waals surface area contributed by atoms with E-state index < -0.39 is 0 Å². The zero-order valence-corrected chi connectivity index (χ0v) is 11.2. The summed E-state index contributed by atoms with van der Waals surface area (Å²) in [5.74, 6) is 0. The first-order valence-electron chi connectivity index (χ1n) is 5.52. The zero-order valence-electron chi connectivity index (χ0n) is 9.63. The lowest BCUT2D eigenvalue weighted by molar-refractivity contribution is 1.14. The molecule has 0 spiro atoms. The van der Waals surface area contributed by atoms with Gasteiger partial charge in [0.2, 0.25) is 0 Å². The largest absolute Gasteiger partial charge is 0.273 e. The monoisotopic (exact) mass is 286 g/mol. The van der Waals surface area contributed by atoms with Crippen molar-refractivity contribution in [1.82, 2.24) is 3.96 Å². The molecule has 2 aromatic carbocycles. The van der Waals surface area contributed by atoms with Crippen molar-refractivity contribution in [1.29, 1.82) is 5.26 Å². The lowest BCUT2D eigenvalue weighted by Crippen LogP contribution is -2.10. The molecule has 0 N–H and O–H groups in total. The van der Waals surface area contributed by atoms with Gasteiger partial charge in [0.25, 0.3) is 5.56 Å². The number of nitrogens with zero attached hydrogens (tertiary/aromatic N) is 2. The van der Waals surface area contributed by atoms with Crippen molar-refractivity contribution in [2.45, 2.75) is 0 Å². The van der Waals surface area contributed by atoms with Gasteiger partial charge in [-0.3, -0.25) is 4.79 Å². The highest BCUT2D eigenvalue weighted by molar-refractivity contribution is 7.14. The summed E-state index contributed by atoms with van der Waals surface area (Å²) in [4.78, 5) is 12.3. The quantitative estimate of drug-likeness (QED) is 0.686. The third kappa shape index (κ3) is 1.93. The second kappa shape index (κ2) is 4.54. The molecule has 0 fully saturated rings. The molecule has 1 aromatic heterocycles. The summed E-state index contributed by atoms with van der Waals surface area (Å²) in [7, 11) is 0. The van der Waals surface area contributed by atoms with Gasteiger partial charge in [0.15, 0.2) is 0 Å². The van der Waals surface area contributed by atoms with Crippen LogP contribution in [0.2, 0.25) is 5.02 Å². The third-order valence-electron chi connectivity index (χ3n) is 2.80. The van der Waals surface area contributed by atoms with Crippen LogP contribution in [-0.4, -0.2) is 3.96 Å². The maximum Gasteiger partial charge on any atom is 0.273 e. The van der Waals surface area contributed by atoms with E-state index >= 15 is 0 Å². The van der Waals surface area contributed by atoms with Crippen molar-refractivity contribution in [3.63, 3.8) is 0 Å². The Morgan fingerprint density at radius 1 is 1.21 bits per heavy atom. The summed E-state index contributed by atoms with van der Waals surface area (Å²) in [5.41, 5.74) is 1.01. The number of fused-ring (bicyclic) bond motifs is 1. The Morgan fingerprint density at radius 3 is 2.68 bits per heavy atom. The highest BCUT2D eigenvalue weighted by atomic mass is 35.5. The van der Waals surface area contributed by atoms with E-state index in [0.29, 0.717) is 21.7 Å². The van der Waals surface area contributed by atoms with Crippen LogP contribution < -0.4 is 5.56 Å². The van der Waals surface area contributed by atoms with E-state index in [2.05, 4.69) is 0 Å². The maximum atomic E-state index is 12.3. The van der Waals surface area contributed by atoms with Crippen LogP contribution >= 0.6 is 23.1 Å². The van der Waals surface area contributed by atoms with Gasteiger partial charge in [0.05, 0.1) is 26.4 Å². The average molecular weight is 287 g/mol. The van der Waals surface area contributed by atoms with Crippen molar-refractivity contribution in [3.05, 3.63) is 63.4 Å². The molecule has 0 aliphatic carbocycles. The molecular formula is C14H7ClN2OS. The molecule has 0 atom stereocenters. The molecule has 0 saturated carbocycles. The van der Waals surface area contributed by atoms with Crippen LogP contribution in [0.1, 0.15) is 5.56 Å². The Kier molecular flexibility index (Phi) is 2.86. The molecule has 0 amide bonds. The van der Waals surface area contributed by atoms with Crippen molar-refractivity contribution in [3.8, 4) is 11.8 Å². The van der Waals surface area contributed by atoms with Crippen LogP contribution in [0.15, 0.2) is 47.3 Å². The fraction of sp³-hybridized carbons (Fsp3) is 0. The smallest absolute Gasteiger partial charge is 0.267 e. The highest BCUT2D eigenvalue weighted by Gasteiger charge is 2.10. The number of benzene rings is 2. The fourth-order valence-electron chi connectivity index (χ4n) is 1.86. The Bertz CT molecular complexity index is 873. The predicted molar refractivity (Wildman–Crippen MR) is 77.1 cm³/mol. The Hall–Kier alpha value is -2.09. The highest BCUT2D eigenvalue weighted by Crippen LogP contribution is 2.23. The van der Waals surface area contributed by atoms with Gasteiger partial charge in [-0.15, -0.1) is 0 Å². The molecule has 3 aromatic rings. The van der Waals surface area contributed by atoms with Crippen molar-refractivity contribution in [2.75, 3.05) is 0 Å². The lowest BCUT2D eigenvalue weighted by atomic mass is 10.2. The van der Waals surface area contributed by atoms with Crippen LogP contribution in [0, 0.1) is 11.3 Å². The van der Waals surface area contributed by atoms with Crippen LogP contribution in [0.3, 0.4) is 0 Å². The molecule has 0 aliphatic rings. The van der Waals surface area contributed by atoms with Crippen LogP contribution in [0.25, 0.3) is 15.8 Å². The number of halogens is 1. The number of rotatable bonds is 1. The molecule has 0 radical (unpaired) electrons. The Labute approximate surface area is 118 Å². The molecule has 1 heterocycles. The third-order valence-corrected chi connectivity index (χ3v) is 4.22. The van der Waals surface area contributed by atoms with Gasteiger partial charge in [-0.05, 0) is 30.3 Å². The van der Waals surface area contributed by atoms with Crippen LogP contribution in [0.4, 0.5) is 0 Å². The molecular weight excluding hydrogens is 280 g/mol. The minimum Gasteiger partial charge on any atom is -0.267 e. The van der Waals surface area contributed by atoms with Crippen LogP contribution in [0.5, 0.6) is 0 Å². The molecule has 5 heteroatoms. The summed E-state index contributed by atoms with van der Waals surface area (Å²) in [6.45, 7) is 0. The van der Waals surface area contributed by atoms with E-state index in [1.165, 1.54) is 11.5 Å². The van der Waals surface area contributed by atoms with E-state index in [9.17, 15) is 4.79 Å². The van der Waals surface area contributed by atoms with Crippen molar-refractivity contribution < 1.29 is 0 Å². The van der Waals surface area contributed by atoms with Gasteiger partial charge >= 0.3 is 0 Å². The predicted octanol–water partition coefficient (Wildman–Crippen LogP) is 3.58. The summed E-state index contributed by atoms with van der Waals surface area (Å²) < 4.78 is 2.51. The van der Waals surface area contributed by atoms with Gasteiger partial charge in [0, 0.05) is 0 Å². The first kappa shape index (κ1) is 12.0. The Balaban J connectivity index is 2.25. The SMILES string of the molecule is N#Cc1ccc(-n2sc3ccccc3c2=O)cc1Cl. The van der Waals surface area contributed by atoms with Gasteiger partial charge < -0.3 is 0 Å². The first-order chi connectivity index (χ1) is 9.20. The van der Waals surface area contributed by atoms with Gasteiger partial charge in [-0.2, -0.15) is 5.26 Å². The van der Waals surface area contributed by atoms with Crippen LogP contribution in [-0.2, 0) is 0 Å². The molecule has 19 heavy (non-hydrogen) atoms. The van der Waals surface area contributed by atoms with Gasteiger partial charge in [0.1, 0.15) is 6.07 Å². The van der Waals surface area contributed by atoms with E-state index in [4.69, 9.17) is 16.9 Å². The molecule has 0 unspecified atom stereocenters. The number of hydrogen-bond donors (Lipinski definition) is 0. The van der Waals surface area contributed by atoms with Gasteiger partial charge in [-0.25, -0.2) is 3.96 Å². The zero-order chi connectivity index (χ0) is 13.4. The number of nitriles is 1. The second-order valence-electron chi connectivity index (χ2n) is 3.96. The summed E-state index contributed by atoms with van der Waals surface area (Å²) in [6, 6.07) is 14.4. The molecule has 0 bridgehead atoms. The summed E-state index contributed by atoms with van der Waals surface area (Å²) in [6.07, 6.45) is 0. The molecule has 92 valence electrons. The Morgan fingerprint density at radius 2 is 2.00 bits per heavy atom. The molecule has 3 rings (SSSR count). The molecule has 3 nitrogen and oxygen atoms in total. The minimum atomic E-state index is -0.0682. The summed E-state index contributed by atoms with van der Waals surface area (Å²) >= 11 is 7.36. The van der Waals surface area contributed by atoms with E-state index in [1.807, 2.05) is 24.3 Å². The lowest BCUT2D eigenvalue weighted by Gasteiger charge is -2.01. The average Bonchev–Trinajstić information content (AvgIpc) is 2.77. The van der Waals surface area contributed by atoms with E-state index in [1.54, 1.807) is 28.2 Å². The molecule has 0 aliphatic heterocycles. The normalized spacial score (nSPS) is 10.5. The molecule has 0 saturated heterocycles. The van der Waals surface area contributed by atoms with E-state index in [0.717, 1.165) is 4.70 Å². The van der Waals surface area contributed by atoms with Crippen molar-refractivity contribution >= 4 is 33.2 Å². The van der Waals surface area contributed by atoms with E-state index in [-0.39, 0.29) is 5.56 Å². The first-order valence-corrected chi connectivity index (χ1v) is 6.67. The second-order valence-corrected chi connectivity index (χ2v) is 5.36. The minimum absolute atomic E-state index is 0.0682. The fourth-order valence-corrected chi connectivity index (χ4v) is 3.07. The maximum absolute atomic E-state index is 12.3. The standard InChI is InChI=1S/C14H7ClN2OS/c15-12-7-10(6-5-9(12)8-16)17-14(18)11-3-1-2-4-13(11)19-17/h1-7H. The van der Waals surface area contributed by atoms with Gasteiger partial charge in [-0.1, -0.05) is 35.3 Å². The number of aromatic nitrogens is 1.